The maximum Gasteiger partial charge on any atom is 0.169 e. The molecule has 0 aromatic rings. The quantitative estimate of drug-likeness (QED) is 0.726. The minimum absolute atomic E-state index is 0.0287. The zero-order valence-electron chi connectivity index (χ0n) is 9.74. The van der Waals surface area contributed by atoms with Crippen LogP contribution in [0.4, 0.5) is 0 Å². The van der Waals surface area contributed by atoms with Crippen molar-refractivity contribution in [1.82, 2.24) is 0 Å². The molecule has 2 aliphatic rings. The van der Waals surface area contributed by atoms with Gasteiger partial charge in [0.05, 0.1) is 18.8 Å². The number of hydrogen-bond acceptors (Lipinski definition) is 3. The summed E-state index contributed by atoms with van der Waals surface area (Å²) in [6.45, 7) is 4.44. The third-order valence-corrected chi connectivity index (χ3v) is 3.49. The van der Waals surface area contributed by atoms with Crippen LogP contribution in [0.25, 0.3) is 0 Å². The molecule has 3 heteroatoms. The summed E-state index contributed by atoms with van der Waals surface area (Å²) in [5.41, 5.74) is 0. The number of hydrogen-bond donors (Lipinski definition) is 1. The van der Waals surface area contributed by atoms with Crippen LogP contribution in [0.5, 0.6) is 0 Å². The summed E-state index contributed by atoms with van der Waals surface area (Å²) in [5.74, 6) is 0.198. The minimum Gasteiger partial charge on any atom is -0.394 e. The summed E-state index contributed by atoms with van der Waals surface area (Å²) in [4.78, 5) is 0. The van der Waals surface area contributed by atoms with Gasteiger partial charge in [-0.25, -0.2) is 0 Å². The first kappa shape index (κ1) is 11.4. The van der Waals surface area contributed by atoms with Crippen LogP contribution in [0, 0.1) is 5.92 Å². The summed E-state index contributed by atoms with van der Waals surface area (Å²) in [6, 6.07) is 0. The highest BCUT2D eigenvalue weighted by Crippen LogP contribution is 2.41. The molecular weight excluding hydrogens is 192 g/mol. The lowest BCUT2D eigenvalue weighted by Gasteiger charge is -2.47. The molecule has 15 heavy (non-hydrogen) atoms. The van der Waals surface area contributed by atoms with E-state index in [0.717, 1.165) is 25.7 Å². The standard InChI is InChI=1S/C12H22O3/c1-9-6-11(8-13)15-12(7-9)5-3-4-10(2)14-12/h9-11,13H,3-8H2,1-2H3/t9-,10+,11-,12-/m1/s1. The molecule has 4 atom stereocenters. The van der Waals surface area contributed by atoms with Gasteiger partial charge >= 0.3 is 0 Å². The third-order valence-electron chi connectivity index (χ3n) is 3.49. The minimum atomic E-state index is -0.386. The van der Waals surface area contributed by atoms with Crippen LogP contribution in [0.3, 0.4) is 0 Å². The van der Waals surface area contributed by atoms with Crippen LogP contribution < -0.4 is 0 Å². The Kier molecular flexibility index (Phi) is 3.33. The lowest BCUT2D eigenvalue weighted by atomic mass is 9.87. The van der Waals surface area contributed by atoms with Crippen LogP contribution in [0.1, 0.15) is 46.0 Å². The number of ether oxygens (including phenoxy) is 2. The summed E-state index contributed by atoms with van der Waals surface area (Å²) in [7, 11) is 0. The molecule has 2 saturated heterocycles. The van der Waals surface area contributed by atoms with E-state index in [-0.39, 0.29) is 18.5 Å². The molecule has 2 rings (SSSR count). The lowest BCUT2D eigenvalue weighted by molar-refractivity contribution is -0.322. The largest absolute Gasteiger partial charge is 0.394 e. The summed E-state index contributed by atoms with van der Waals surface area (Å²) in [6.07, 6.45) is 5.49. The second-order valence-electron chi connectivity index (χ2n) is 5.20. The SMILES string of the molecule is C[C@@H]1C[C@H](CO)O[C@]2(CCC[C@H](C)O2)C1. The van der Waals surface area contributed by atoms with Gasteiger partial charge in [-0.05, 0) is 32.1 Å². The van der Waals surface area contributed by atoms with Gasteiger partial charge in [-0.15, -0.1) is 0 Å². The monoisotopic (exact) mass is 214 g/mol. The second kappa shape index (κ2) is 4.40. The Balaban J connectivity index is 2.05. The summed E-state index contributed by atoms with van der Waals surface area (Å²) in [5, 5.41) is 9.21. The van der Waals surface area contributed by atoms with Crippen molar-refractivity contribution in [3.05, 3.63) is 0 Å². The average Bonchev–Trinajstić information content (AvgIpc) is 2.15. The highest BCUT2D eigenvalue weighted by molar-refractivity contribution is 4.85. The van der Waals surface area contributed by atoms with E-state index < -0.39 is 0 Å². The topological polar surface area (TPSA) is 38.7 Å². The Hall–Kier alpha value is -0.120. The van der Waals surface area contributed by atoms with Crippen LogP contribution in [0.15, 0.2) is 0 Å². The predicted octanol–water partition coefficient (Wildman–Crippen LogP) is 2.08. The molecule has 3 nitrogen and oxygen atoms in total. The van der Waals surface area contributed by atoms with E-state index in [9.17, 15) is 5.11 Å². The molecule has 0 aliphatic carbocycles. The fourth-order valence-electron chi connectivity index (χ4n) is 2.96. The maximum atomic E-state index is 9.21. The second-order valence-corrected chi connectivity index (χ2v) is 5.20. The Morgan fingerprint density at radius 2 is 2.13 bits per heavy atom. The van der Waals surface area contributed by atoms with Crippen LogP contribution in [0.2, 0.25) is 0 Å². The Bertz CT molecular complexity index is 215. The van der Waals surface area contributed by atoms with Crippen molar-refractivity contribution in [2.75, 3.05) is 6.61 Å². The first-order valence-electron chi connectivity index (χ1n) is 6.10. The number of aliphatic hydroxyl groups is 1. The molecule has 0 aromatic carbocycles. The van der Waals surface area contributed by atoms with Crippen LogP contribution >= 0.6 is 0 Å². The average molecular weight is 214 g/mol. The molecule has 0 radical (unpaired) electrons. The van der Waals surface area contributed by atoms with E-state index in [1.165, 1.54) is 6.42 Å². The van der Waals surface area contributed by atoms with Crippen molar-refractivity contribution in [3.8, 4) is 0 Å². The molecule has 0 bridgehead atoms. The summed E-state index contributed by atoms with van der Waals surface area (Å²) >= 11 is 0. The van der Waals surface area contributed by atoms with Gasteiger partial charge < -0.3 is 14.6 Å². The molecule has 1 spiro atoms. The van der Waals surface area contributed by atoms with E-state index in [4.69, 9.17) is 9.47 Å². The van der Waals surface area contributed by atoms with Gasteiger partial charge in [-0.3, -0.25) is 0 Å². The Morgan fingerprint density at radius 3 is 2.80 bits per heavy atom. The van der Waals surface area contributed by atoms with Crippen LogP contribution in [-0.4, -0.2) is 29.7 Å². The van der Waals surface area contributed by atoms with E-state index in [2.05, 4.69) is 13.8 Å². The van der Waals surface area contributed by atoms with Gasteiger partial charge in [-0.2, -0.15) is 0 Å². The predicted molar refractivity (Wildman–Crippen MR) is 57.5 cm³/mol. The van der Waals surface area contributed by atoms with Crippen molar-refractivity contribution in [3.63, 3.8) is 0 Å². The van der Waals surface area contributed by atoms with Gasteiger partial charge in [0.2, 0.25) is 0 Å². The number of aliphatic hydroxyl groups excluding tert-OH is 1. The van der Waals surface area contributed by atoms with Crippen molar-refractivity contribution < 1.29 is 14.6 Å². The zero-order valence-corrected chi connectivity index (χ0v) is 9.74. The third kappa shape index (κ3) is 2.52. The van der Waals surface area contributed by atoms with E-state index in [1.54, 1.807) is 0 Å². The Morgan fingerprint density at radius 1 is 1.33 bits per heavy atom. The molecular formula is C12H22O3. The molecule has 88 valence electrons. The highest BCUT2D eigenvalue weighted by Gasteiger charge is 2.43. The van der Waals surface area contributed by atoms with E-state index in [1.807, 2.05) is 0 Å². The van der Waals surface area contributed by atoms with Gasteiger partial charge in [0.25, 0.3) is 0 Å². The molecule has 2 heterocycles. The number of rotatable bonds is 1. The smallest absolute Gasteiger partial charge is 0.169 e. The molecule has 1 N–H and O–H groups in total. The zero-order chi connectivity index (χ0) is 10.9. The fraction of sp³-hybridized carbons (Fsp3) is 1.00. The van der Waals surface area contributed by atoms with Crippen molar-refractivity contribution in [1.29, 1.82) is 0 Å². The Labute approximate surface area is 91.8 Å². The molecule has 0 aromatic heterocycles. The molecule has 2 fully saturated rings. The fourth-order valence-corrected chi connectivity index (χ4v) is 2.96. The lowest BCUT2D eigenvalue weighted by Crippen LogP contribution is -2.50. The first-order valence-corrected chi connectivity index (χ1v) is 6.10. The van der Waals surface area contributed by atoms with Gasteiger partial charge in [0.15, 0.2) is 5.79 Å². The molecule has 0 saturated carbocycles. The maximum absolute atomic E-state index is 9.21. The van der Waals surface area contributed by atoms with Gasteiger partial charge in [0.1, 0.15) is 0 Å². The van der Waals surface area contributed by atoms with Gasteiger partial charge in [0, 0.05) is 12.8 Å². The van der Waals surface area contributed by atoms with Crippen molar-refractivity contribution >= 4 is 0 Å². The van der Waals surface area contributed by atoms with Crippen molar-refractivity contribution in [2.24, 2.45) is 5.92 Å². The molecule has 0 amide bonds. The first-order chi connectivity index (χ1) is 7.13. The van der Waals surface area contributed by atoms with Crippen LogP contribution in [-0.2, 0) is 9.47 Å². The molecule has 0 unspecified atom stereocenters. The normalized spacial score (nSPS) is 47.0. The van der Waals surface area contributed by atoms with E-state index >= 15 is 0 Å². The van der Waals surface area contributed by atoms with Gasteiger partial charge in [-0.1, -0.05) is 6.92 Å². The molecule has 2 aliphatic heterocycles. The van der Waals surface area contributed by atoms with E-state index in [0.29, 0.717) is 12.0 Å². The van der Waals surface area contributed by atoms with Crippen molar-refractivity contribution in [2.45, 2.75) is 63.9 Å². The highest BCUT2D eigenvalue weighted by atomic mass is 16.7. The summed E-state index contributed by atoms with van der Waals surface area (Å²) < 4.78 is 11.9.